The van der Waals surface area contributed by atoms with Gasteiger partial charge in [0.15, 0.2) is 5.60 Å². The van der Waals surface area contributed by atoms with Crippen LogP contribution in [-0.4, -0.2) is 48.7 Å². The number of hydrogen-bond acceptors (Lipinski definition) is 5. The fraction of sp³-hybridized carbons (Fsp3) is 0.297. The van der Waals surface area contributed by atoms with Crippen LogP contribution in [0.25, 0.3) is 16.6 Å². The molecule has 1 saturated heterocycles. The number of aromatic nitrogens is 2. The van der Waals surface area contributed by atoms with E-state index in [1.54, 1.807) is 11.8 Å². The second-order valence-corrected chi connectivity index (χ2v) is 17.7. The highest BCUT2D eigenvalue weighted by Crippen LogP contribution is 2.60. The quantitative estimate of drug-likeness (QED) is 0.221. The van der Waals surface area contributed by atoms with Crippen molar-refractivity contribution < 1.29 is 19.4 Å². The van der Waals surface area contributed by atoms with Crippen molar-refractivity contribution in [2.24, 2.45) is 5.92 Å². The van der Waals surface area contributed by atoms with Crippen LogP contribution in [0.4, 0.5) is 5.69 Å². The molecular weight excluding hydrogens is 595 g/mol. The Kier molecular flexibility index (Phi) is 7.50. The van der Waals surface area contributed by atoms with E-state index in [1.165, 1.54) is 5.19 Å². The van der Waals surface area contributed by atoms with Crippen LogP contribution in [0, 0.1) is 5.92 Å². The molecule has 0 aliphatic carbocycles. The summed E-state index contributed by atoms with van der Waals surface area (Å²) in [7, 11) is -0.569. The summed E-state index contributed by atoms with van der Waals surface area (Å²) >= 11 is 0. The van der Waals surface area contributed by atoms with Crippen LogP contribution in [0.5, 0.6) is 5.75 Å². The molecule has 2 aliphatic heterocycles. The van der Waals surface area contributed by atoms with Crippen molar-refractivity contribution in [1.29, 1.82) is 0 Å². The molecule has 1 amide bonds. The summed E-state index contributed by atoms with van der Waals surface area (Å²) in [6.07, 6.45) is 0.197. The lowest BCUT2D eigenvalue weighted by Crippen LogP contribution is -2.51. The predicted molar refractivity (Wildman–Crippen MR) is 183 cm³/mol. The molecule has 8 nitrogen and oxygen atoms in total. The van der Waals surface area contributed by atoms with E-state index in [9.17, 15) is 14.7 Å². The number of fused-ring (bicyclic) bond motifs is 3. The highest BCUT2D eigenvalue weighted by atomic mass is 28.3. The molecule has 9 heteroatoms. The maximum Gasteiger partial charge on any atom is 0.279 e. The molecule has 5 aromatic rings. The number of carbonyl (C=O) groups is 1. The summed E-state index contributed by atoms with van der Waals surface area (Å²) in [5, 5.41) is 15.2. The van der Waals surface area contributed by atoms with Gasteiger partial charge in [-0.2, -0.15) is 0 Å². The zero-order chi connectivity index (χ0) is 32.2. The standard InChI is InChI=1S/C37H39N3O5Si/c1-24-34(46(3,4)28-19-17-27(44-2)18-20-28)33(21-22-41)45-37(24)30-10-6-8-12-32(30)39(36(37)43)23-25-13-15-26(16-14-25)40-35(42)29-9-5-7-11-31(29)38-40/h5-20,24,33-34,38,41H,21-23H2,1-4H3/t24-,33+,34-,37+/m1/s1. The minimum atomic E-state index is -2.24. The number of nitrogens with one attached hydrogen (secondary N) is 1. The largest absolute Gasteiger partial charge is 0.497 e. The van der Waals surface area contributed by atoms with Crippen LogP contribution in [-0.2, 0) is 21.7 Å². The number of rotatable bonds is 8. The number of aliphatic hydroxyl groups is 1. The number of hydrogen-bond donors (Lipinski definition) is 2. The number of aromatic amines is 1. The van der Waals surface area contributed by atoms with Crippen LogP contribution < -0.4 is 20.4 Å². The molecule has 7 rings (SSSR count). The molecule has 4 atom stereocenters. The van der Waals surface area contributed by atoms with E-state index >= 15 is 0 Å². The maximum absolute atomic E-state index is 14.8. The monoisotopic (exact) mass is 633 g/mol. The average Bonchev–Trinajstić information content (AvgIpc) is 3.65. The van der Waals surface area contributed by atoms with E-state index in [-0.39, 0.29) is 35.6 Å². The Hall–Kier alpha value is -4.44. The molecule has 2 aliphatic rings. The molecule has 3 heterocycles. The number of benzene rings is 4. The van der Waals surface area contributed by atoms with Crippen LogP contribution >= 0.6 is 0 Å². The number of nitrogens with zero attached hydrogens (tertiary/aromatic N) is 2. The molecule has 4 aromatic carbocycles. The first-order valence-electron chi connectivity index (χ1n) is 15.8. The van der Waals surface area contributed by atoms with Crippen molar-refractivity contribution in [3.8, 4) is 11.4 Å². The van der Waals surface area contributed by atoms with Crippen LogP contribution in [0.3, 0.4) is 0 Å². The lowest BCUT2D eigenvalue weighted by Gasteiger charge is -2.37. The van der Waals surface area contributed by atoms with E-state index in [2.05, 4.69) is 37.2 Å². The SMILES string of the molecule is COc1ccc([Si](C)(C)[C@H]2[C@H](CCO)O[C@@]3(C(=O)N(Cc4ccc(-n5[nH]c6ccccc6c5=O)cc4)c4ccccc43)[C@@H]2C)cc1. The Morgan fingerprint density at radius 2 is 1.63 bits per heavy atom. The lowest BCUT2D eigenvalue weighted by atomic mass is 9.82. The van der Waals surface area contributed by atoms with Gasteiger partial charge in [-0.15, -0.1) is 0 Å². The second kappa shape index (κ2) is 11.4. The van der Waals surface area contributed by atoms with E-state index < -0.39 is 13.7 Å². The number of ether oxygens (including phenoxy) is 2. The van der Waals surface area contributed by atoms with E-state index in [0.29, 0.717) is 18.4 Å². The Labute approximate surface area is 269 Å². The van der Waals surface area contributed by atoms with Crippen molar-refractivity contribution in [2.75, 3.05) is 18.6 Å². The predicted octanol–water partition coefficient (Wildman–Crippen LogP) is 5.47. The third-order valence-electron chi connectivity index (χ3n) is 10.3. The lowest BCUT2D eigenvalue weighted by molar-refractivity contribution is -0.146. The summed E-state index contributed by atoms with van der Waals surface area (Å²) in [5.41, 5.74) is 3.02. The molecule has 46 heavy (non-hydrogen) atoms. The molecule has 2 N–H and O–H groups in total. The summed E-state index contributed by atoms with van der Waals surface area (Å²) < 4.78 is 13.9. The van der Waals surface area contributed by atoms with Crippen molar-refractivity contribution in [2.45, 2.75) is 50.2 Å². The van der Waals surface area contributed by atoms with Crippen LogP contribution in [0.1, 0.15) is 24.5 Å². The topological polar surface area (TPSA) is 96.8 Å². The summed E-state index contributed by atoms with van der Waals surface area (Å²) in [5.74, 6) is 0.620. The fourth-order valence-corrected chi connectivity index (χ4v) is 12.1. The number of amides is 1. The minimum Gasteiger partial charge on any atom is -0.497 e. The molecule has 0 radical (unpaired) electrons. The number of H-pyrrole nitrogens is 1. The first-order valence-corrected chi connectivity index (χ1v) is 18.9. The van der Waals surface area contributed by atoms with E-state index in [0.717, 1.165) is 33.8 Å². The zero-order valence-electron chi connectivity index (χ0n) is 26.6. The number of anilines is 1. The summed E-state index contributed by atoms with van der Waals surface area (Å²) in [6, 6.07) is 31.4. The van der Waals surface area contributed by atoms with E-state index in [1.807, 2.05) is 89.8 Å². The minimum absolute atomic E-state index is 0.0115. The summed E-state index contributed by atoms with van der Waals surface area (Å²) in [4.78, 5) is 29.6. The van der Waals surface area contributed by atoms with Gasteiger partial charge in [-0.05, 0) is 60.0 Å². The van der Waals surface area contributed by atoms with Crippen LogP contribution in [0.15, 0.2) is 102 Å². The van der Waals surface area contributed by atoms with Gasteiger partial charge in [-0.1, -0.05) is 79.8 Å². The number of carbonyl (C=O) groups excluding carboxylic acids is 1. The zero-order valence-corrected chi connectivity index (χ0v) is 27.6. The Morgan fingerprint density at radius 1 is 0.935 bits per heavy atom. The molecule has 0 saturated carbocycles. The fourth-order valence-electron chi connectivity index (χ4n) is 8.00. The normalized spacial score (nSPS) is 22.6. The number of aliphatic hydroxyl groups excluding tert-OH is 1. The van der Waals surface area contributed by atoms with Gasteiger partial charge in [0.05, 0.1) is 50.1 Å². The molecule has 1 aromatic heterocycles. The van der Waals surface area contributed by atoms with Gasteiger partial charge in [0, 0.05) is 18.1 Å². The molecule has 236 valence electrons. The highest BCUT2D eigenvalue weighted by Gasteiger charge is 2.66. The molecule has 1 fully saturated rings. The van der Waals surface area contributed by atoms with Crippen LogP contribution in [0.2, 0.25) is 18.6 Å². The smallest absolute Gasteiger partial charge is 0.279 e. The van der Waals surface area contributed by atoms with Crippen molar-refractivity contribution in [3.05, 3.63) is 119 Å². The highest BCUT2D eigenvalue weighted by molar-refractivity contribution is 6.91. The first kappa shape index (κ1) is 30.2. The molecule has 0 bridgehead atoms. The second-order valence-electron chi connectivity index (χ2n) is 13.0. The van der Waals surface area contributed by atoms with Gasteiger partial charge in [0.1, 0.15) is 5.75 Å². The van der Waals surface area contributed by atoms with Gasteiger partial charge in [0.25, 0.3) is 11.5 Å². The van der Waals surface area contributed by atoms with Gasteiger partial charge in [-0.3, -0.25) is 14.7 Å². The van der Waals surface area contributed by atoms with Gasteiger partial charge < -0.3 is 19.5 Å². The molecule has 0 unspecified atom stereocenters. The molecular formula is C37H39N3O5Si. The third kappa shape index (κ3) is 4.56. The summed E-state index contributed by atoms with van der Waals surface area (Å²) in [6.45, 7) is 7.19. The maximum atomic E-state index is 14.8. The van der Waals surface area contributed by atoms with Crippen molar-refractivity contribution in [3.63, 3.8) is 0 Å². The Morgan fingerprint density at radius 3 is 2.33 bits per heavy atom. The van der Waals surface area contributed by atoms with Crippen molar-refractivity contribution in [1.82, 2.24) is 9.78 Å². The number of para-hydroxylation sites is 2. The Bertz CT molecular complexity index is 1970. The van der Waals surface area contributed by atoms with Gasteiger partial charge in [0.2, 0.25) is 0 Å². The van der Waals surface area contributed by atoms with E-state index in [4.69, 9.17) is 9.47 Å². The molecule has 1 spiro atoms. The first-order chi connectivity index (χ1) is 22.2. The van der Waals surface area contributed by atoms with Crippen molar-refractivity contribution >= 4 is 35.8 Å². The Balaban J connectivity index is 1.22. The van der Waals surface area contributed by atoms with Gasteiger partial charge >= 0.3 is 0 Å². The van der Waals surface area contributed by atoms with Gasteiger partial charge in [-0.25, -0.2) is 4.68 Å². The average molecular weight is 634 g/mol. The number of methoxy groups -OCH3 is 1. The third-order valence-corrected chi connectivity index (χ3v) is 14.6.